The zero-order valence-corrected chi connectivity index (χ0v) is 14.5. The smallest absolute Gasteiger partial charge is 0.101 e. The monoisotopic (exact) mass is 310 g/mol. The van der Waals surface area contributed by atoms with Crippen LogP contribution in [0.5, 0.6) is 0 Å². The van der Waals surface area contributed by atoms with Crippen molar-refractivity contribution in [1.82, 2.24) is 4.98 Å². The van der Waals surface area contributed by atoms with Crippen molar-refractivity contribution in [2.24, 2.45) is 17.8 Å². The van der Waals surface area contributed by atoms with Crippen LogP contribution in [-0.2, 0) is 0 Å². The number of hydrogen-bond donors (Lipinski definition) is 0. The molecular formula is C21H30N2. The molecule has 1 aromatic rings. The Labute approximate surface area is 141 Å². The Bertz CT molecular complexity index is 512. The zero-order chi connectivity index (χ0) is 16.1. The Hall–Kier alpha value is -1.36. The summed E-state index contributed by atoms with van der Waals surface area (Å²) in [6, 6.07) is 6.15. The second-order valence-electron chi connectivity index (χ2n) is 7.76. The van der Waals surface area contributed by atoms with E-state index < -0.39 is 0 Å². The van der Waals surface area contributed by atoms with Crippen LogP contribution in [-0.4, -0.2) is 4.98 Å². The van der Waals surface area contributed by atoms with E-state index in [1.807, 2.05) is 6.07 Å². The van der Waals surface area contributed by atoms with Crippen molar-refractivity contribution >= 4 is 0 Å². The summed E-state index contributed by atoms with van der Waals surface area (Å²) in [4.78, 5) is 4.52. The van der Waals surface area contributed by atoms with Gasteiger partial charge in [0.1, 0.15) is 6.07 Å². The lowest BCUT2D eigenvalue weighted by atomic mass is 9.68. The molecule has 0 atom stereocenters. The van der Waals surface area contributed by atoms with E-state index >= 15 is 0 Å². The van der Waals surface area contributed by atoms with Crippen LogP contribution in [0.3, 0.4) is 0 Å². The molecule has 0 unspecified atom stereocenters. The van der Waals surface area contributed by atoms with E-state index in [1.54, 1.807) is 6.20 Å². The Morgan fingerprint density at radius 1 is 1.00 bits per heavy atom. The third kappa shape index (κ3) is 4.14. The van der Waals surface area contributed by atoms with Gasteiger partial charge in [0.25, 0.3) is 0 Å². The molecule has 124 valence electrons. The second kappa shape index (κ2) is 7.95. The van der Waals surface area contributed by atoms with Crippen LogP contribution in [0.2, 0.25) is 0 Å². The van der Waals surface area contributed by atoms with E-state index in [2.05, 4.69) is 24.0 Å². The highest BCUT2D eigenvalue weighted by atomic mass is 14.7. The molecule has 1 aromatic heterocycles. The lowest BCUT2D eigenvalue weighted by Gasteiger charge is -2.37. The molecule has 0 N–H and O–H groups in total. The van der Waals surface area contributed by atoms with Crippen LogP contribution in [0, 0.1) is 29.1 Å². The average molecular weight is 310 g/mol. The molecule has 1 heterocycles. The summed E-state index contributed by atoms with van der Waals surface area (Å²) < 4.78 is 0. The average Bonchev–Trinajstić information content (AvgIpc) is 2.63. The maximum absolute atomic E-state index is 8.88. The highest BCUT2D eigenvalue weighted by Crippen LogP contribution is 2.44. The highest BCUT2D eigenvalue weighted by molar-refractivity contribution is 5.27. The fourth-order valence-corrected chi connectivity index (χ4v) is 4.96. The molecule has 2 nitrogen and oxygen atoms in total. The van der Waals surface area contributed by atoms with E-state index in [0.29, 0.717) is 11.5 Å². The number of aromatic nitrogens is 1. The van der Waals surface area contributed by atoms with Crippen LogP contribution in [0.25, 0.3) is 0 Å². The zero-order valence-electron chi connectivity index (χ0n) is 14.5. The van der Waals surface area contributed by atoms with E-state index in [-0.39, 0.29) is 0 Å². The Morgan fingerprint density at radius 2 is 1.65 bits per heavy atom. The summed E-state index contributed by atoms with van der Waals surface area (Å²) in [6.45, 7) is 2.32. The van der Waals surface area contributed by atoms with E-state index in [1.165, 1.54) is 69.9 Å². The van der Waals surface area contributed by atoms with Gasteiger partial charge in [0.05, 0.1) is 5.56 Å². The summed E-state index contributed by atoms with van der Waals surface area (Å²) in [5.41, 5.74) is 1.88. The molecule has 2 aliphatic rings. The van der Waals surface area contributed by atoms with Gasteiger partial charge in [-0.25, -0.2) is 0 Å². The van der Waals surface area contributed by atoms with Gasteiger partial charge in [-0.05, 0) is 68.4 Å². The van der Waals surface area contributed by atoms with Crippen LogP contribution in [0.15, 0.2) is 18.3 Å². The summed E-state index contributed by atoms with van der Waals surface area (Å²) in [6.07, 6.45) is 15.8. The number of rotatable bonds is 4. The lowest BCUT2D eigenvalue weighted by Crippen LogP contribution is -2.25. The quantitative estimate of drug-likeness (QED) is 0.701. The molecule has 0 aliphatic heterocycles. The molecule has 2 aliphatic carbocycles. The number of pyridine rings is 1. The van der Waals surface area contributed by atoms with Crippen molar-refractivity contribution in [1.29, 1.82) is 5.26 Å². The van der Waals surface area contributed by atoms with Crippen molar-refractivity contribution in [2.75, 3.05) is 0 Å². The largest absolute Gasteiger partial charge is 0.260 e. The maximum Gasteiger partial charge on any atom is 0.101 e. The van der Waals surface area contributed by atoms with Crippen LogP contribution >= 0.6 is 0 Å². The van der Waals surface area contributed by atoms with Gasteiger partial charge in [-0.1, -0.05) is 32.6 Å². The molecule has 0 saturated heterocycles. The molecule has 0 radical (unpaired) electrons. The van der Waals surface area contributed by atoms with E-state index in [9.17, 15) is 0 Å². The van der Waals surface area contributed by atoms with Crippen molar-refractivity contribution in [3.05, 3.63) is 29.6 Å². The van der Waals surface area contributed by atoms with Gasteiger partial charge in [-0.2, -0.15) is 5.26 Å². The number of nitrogens with zero attached hydrogens (tertiary/aromatic N) is 2. The van der Waals surface area contributed by atoms with Gasteiger partial charge in [-0.3, -0.25) is 4.98 Å². The van der Waals surface area contributed by atoms with E-state index in [0.717, 1.165) is 17.8 Å². The molecule has 2 fully saturated rings. The minimum Gasteiger partial charge on any atom is -0.260 e. The highest BCUT2D eigenvalue weighted by Gasteiger charge is 2.31. The minimum atomic E-state index is 0.621. The van der Waals surface area contributed by atoms with E-state index in [4.69, 9.17) is 5.26 Å². The van der Waals surface area contributed by atoms with Gasteiger partial charge in [0.2, 0.25) is 0 Å². The van der Waals surface area contributed by atoms with Gasteiger partial charge in [0.15, 0.2) is 0 Å². The first-order chi connectivity index (χ1) is 11.3. The van der Waals surface area contributed by atoms with Crippen molar-refractivity contribution < 1.29 is 0 Å². The third-order valence-corrected chi connectivity index (χ3v) is 6.36. The van der Waals surface area contributed by atoms with Crippen molar-refractivity contribution in [3.63, 3.8) is 0 Å². The molecule has 3 rings (SSSR count). The van der Waals surface area contributed by atoms with Gasteiger partial charge in [0, 0.05) is 17.8 Å². The molecule has 0 aromatic carbocycles. The Kier molecular flexibility index (Phi) is 5.70. The normalized spacial score (nSPS) is 31.5. The van der Waals surface area contributed by atoms with Crippen LogP contribution < -0.4 is 0 Å². The SMILES string of the molecule is CCCC1CCC(C2CCC(c3ccc(C#N)cn3)CC2)CC1. The molecular weight excluding hydrogens is 280 g/mol. The van der Waals surface area contributed by atoms with Crippen LogP contribution in [0.4, 0.5) is 0 Å². The molecule has 0 spiro atoms. The summed E-state index contributed by atoms with van der Waals surface area (Å²) >= 11 is 0. The summed E-state index contributed by atoms with van der Waals surface area (Å²) in [5, 5.41) is 8.88. The Balaban J connectivity index is 1.48. The first-order valence-electron chi connectivity index (χ1n) is 9.66. The standard InChI is InChI=1S/C21H30N2/c1-2-3-16-4-7-18(8-5-16)19-9-11-20(12-10-19)21-13-6-17(14-22)15-23-21/h6,13,15-16,18-20H,2-5,7-12H2,1H3. The van der Waals surface area contributed by atoms with Gasteiger partial charge in [-0.15, -0.1) is 0 Å². The second-order valence-corrected chi connectivity index (χ2v) is 7.76. The van der Waals surface area contributed by atoms with Crippen molar-refractivity contribution in [2.45, 2.75) is 77.0 Å². The fraction of sp³-hybridized carbons (Fsp3) is 0.714. The molecule has 2 heteroatoms. The first-order valence-corrected chi connectivity index (χ1v) is 9.66. The summed E-state index contributed by atoms with van der Waals surface area (Å²) in [7, 11) is 0. The Morgan fingerprint density at radius 3 is 2.17 bits per heavy atom. The number of hydrogen-bond acceptors (Lipinski definition) is 2. The lowest BCUT2D eigenvalue weighted by molar-refractivity contribution is 0.156. The summed E-state index contributed by atoms with van der Waals surface area (Å²) in [5.74, 6) is 3.61. The van der Waals surface area contributed by atoms with Crippen molar-refractivity contribution in [3.8, 4) is 6.07 Å². The molecule has 0 amide bonds. The predicted molar refractivity (Wildman–Crippen MR) is 94.0 cm³/mol. The third-order valence-electron chi connectivity index (χ3n) is 6.36. The first kappa shape index (κ1) is 16.5. The predicted octanol–water partition coefficient (Wildman–Crippen LogP) is 5.83. The molecule has 23 heavy (non-hydrogen) atoms. The molecule has 0 bridgehead atoms. The van der Waals surface area contributed by atoms with Crippen LogP contribution in [0.1, 0.15) is 88.3 Å². The number of nitriles is 1. The van der Waals surface area contributed by atoms with Gasteiger partial charge < -0.3 is 0 Å². The topological polar surface area (TPSA) is 36.7 Å². The van der Waals surface area contributed by atoms with Gasteiger partial charge >= 0.3 is 0 Å². The minimum absolute atomic E-state index is 0.621. The maximum atomic E-state index is 8.88. The molecule has 2 saturated carbocycles. The fourth-order valence-electron chi connectivity index (χ4n) is 4.96.